The number of carbonyl (C=O) groups is 1. The summed E-state index contributed by atoms with van der Waals surface area (Å²) < 4.78 is 20.8. The zero-order chi connectivity index (χ0) is 22.5. The van der Waals surface area contributed by atoms with Gasteiger partial charge in [0.2, 0.25) is 11.9 Å². The topological polar surface area (TPSA) is 73.8 Å². The first-order chi connectivity index (χ1) is 15.3. The number of hydrogen-bond donors (Lipinski definition) is 1. The SMILES string of the molecule is CC(=O)Nc1nc(F)c(CN2C[C@@]3(Cc4cc(N5CCN(C)CC5)ncc4O3)C[C@@H]2C)s1. The lowest BCUT2D eigenvalue weighted by atomic mass is 9.95. The molecule has 0 aliphatic carbocycles. The van der Waals surface area contributed by atoms with Gasteiger partial charge in [0, 0.05) is 70.6 Å². The molecule has 2 fully saturated rings. The number of ether oxygens (including phenoxy) is 1. The van der Waals surface area contributed by atoms with Crippen molar-refractivity contribution in [2.45, 2.75) is 44.9 Å². The van der Waals surface area contributed by atoms with Gasteiger partial charge >= 0.3 is 0 Å². The summed E-state index contributed by atoms with van der Waals surface area (Å²) in [6, 6.07) is 2.44. The van der Waals surface area contributed by atoms with E-state index < -0.39 is 5.95 Å². The van der Waals surface area contributed by atoms with E-state index in [2.05, 4.69) is 50.0 Å². The lowest BCUT2D eigenvalue weighted by Crippen LogP contribution is -2.44. The number of nitrogens with one attached hydrogen (secondary N) is 1. The lowest BCUT2D eigenvalue weighted by Gasteiger charge is -2.33. The van der Waals surface area contributed by atoms with E-state index in [1.54, 1.807) is 0 Å². The molecule has 2 saturated heterocycles. The maximum atomic E-state index is 14.3. The van der Waals surface area contributed by atoms with Crippen molar-refractivity contribution in [3.8, 4) is 5.75 Å². The zero-order valence-corrected chi connectivity index (χ0v) is 19.5. The van der Waals surface area contributed by atoms with E-state index in [1.807, 2.05) is 6.20 Å². The van der Waals surface area contributed by atoms with E-state index in [0.29, 0.717) is 16.6 Å². The van der Waals surface area contributed by atoms with Gasteiger partial charge in [-0.2, -0.15) is 9.37 Å². The molecule has 5 heterocycles. The number of likely N-dealkylation sites (N-methyl/N-ethyl adjacent to an activating group) is 1. The molecule has 8 nitrogen and oxygen atoms in total. The van der Waals surface area contributed by atoms with Crippen LogP contribution in [0.4, 0.5) is 15.3 Å². The number of hydrogen-bond acceptors (Lipinski definition) is 8. The van der Waals surface area contributed by atoms with Gasteiger partial charge in [-0.25, -0.2) is 4.98 Å². The first-order valence-corrected chi connectivity index (χ1v) is 11.9. The summed E-state index contributed by atoms with van der Waals surface area (Å²) >= 11 is 1.19. The van der Waals surface area contributed by atoms with E-state index in [9.17, 15) is 9.18 Å². The molecule has 172 valence electrons. The molecule has 0 unspecified atom stereocenters. The van der Waals surface area contributed by atoms with E-state index >= 15 is 0 Å². The summed E-state index contributed by atoms with van der Waals surface area (Å²) in [6.45, 7) is 8.79. The summed E-state index contributed by atoms with van der Waals surface area (Å²) in [5.74, 6) is 1.13. The third-order valence-electron chi connectivity index (χ3n) is 6.66. The highest BCUT2D eigenvalue weighted by Gasteiger charge is 2.48. The zero-order valence-electron chi connectivity index (χ0n) is 18.7. The van der Waals surface area contributed by atoms with Gasteiger partial charge in [-0.05, 0) is 20.0 Å². The third-order valence-corrected chi connectivity index (χ3v) is 7.59. The molecular weight excluding hydrogens is 431 g/mol. The standard InChI is InChI=1S/C22H29FN6O2S/c1-14-9-22(13-29(14)12-18-20(23)26-21(32-18)25-15(2)30)10-16-8-19(24-11-17(16)31-22)28-6-4-27(3)5-7-28/h8,11,14H,4-7,9-10,12-13H2,1-3H3,(H,25,26,30)/t14-,22-/m0/s1. The van der Waals surface area contributed by atoms with Gasteiger partial charge in [-0.3, -0.25) is 9.69 Å². The molecule has 3 aliphatic rings. The Morgan fingerprint density at radius 2 is 2.16 bits per heavy atom. The molecule has 0 radical (unpaired) electrons. The molecule has 3 aliphatic heterocycles. The van der Waals surface area contributed by atoms with Crippen molar-refractivity contribution in [1.29, 1.82) is 0 Å². The van der Waals surface area contributed by atoms with Gasteiger partial charge in [0.25, 0.3) is 0 Å². The highest BCUT2D eigenvalue weighted by molar-refractivity contribution is 7.15. The molecule has 32 heavy (non-hydrogen) atoms. The molecule has 0 saturated carbocycles. The summed E-state index contributed by atoms with van der Waals surface area (Å²) in [5, 5.41) is 2.87. The van der Waals surface area contributed by atoms with Crippen LogP contribution in [-0.2, 0) is 17.8 Å². The average Bonchev–Trinajstić information content (AvgIpc) is 3.35. The number of likely N-dealkylation sites (tertiary alicyclic amines) is 1. The van der Waals surface area contributed by atoms with Gasteiger partial charge in [0.1, 0.15) is 17.2 Å². The number of anilines is 2. The first kappa shape index (κ1) is 21.5. The number of fused-ring (bicyclic) bond motifs is 1. The fourth-order valence-electron chi connectivity index (χ4n) is 5.02. The number of piperazine rings is 1. The molecule has 10 heteroatoms. The molecule has 0 aromatic carbocycles. The number of thiazole rings is 1. The van der Waals surface area contributed by atoms with Crippen LogP contribution in [-0.4, -0.2) is 77.1 Å². The molecular formula is C22H29FN6O2S. The Balaban J connectivity index is 1.27. The Labute approximate surface area is 191 Å². The summed E-state index contributed by atoms with van der Waals surface area (Å²) in [5.41, 5.74) is 0.908. The minimum atomic E-state index is -0.511. The van der Waals surface area contributed by atoms with Crippen LogP contribution in [0.1, 0.15) is 30.7 Å². The fourth-order valence-corrected chi connectivity index (χ4v) is 5.93. The molecule has 1 amide bonds. The quantitative estimate of drug-likeness (QED) is 0.751. The minimum absolute atomic E-state index is 0.250. The number of amides is 1. The summed E-state index contributed by atoms with van der Waals surface area (Å²) in [7, 11) is 2.15. The summed E-state index contributed by atoms with van der Waals surface area (Å²) in [6.07, 6.45) is 3.59. The minimum Gasteiger partial charge on any atom is -0.484 e. The normalized spacial score (nSPS) is 25.9. The van der Waals surface area contributed by atoms with E-state index in [0.717, 1.165) is 57.1 Å². The predicted molar refractivity (Wildman–Crippen MR) is 122 cm³/mol. The number of halogens is 1. The molecule has 2 aromatic rings. The van der Waals surface area contributed by atoms with Gasteiger partial charge in [-0.1, -0.05) is 11.3 Å². The van der Waals surface area contributed by atoms with Gasteiger partial charge in [0.05, 0.1) is 11.1 Å². The molecule has 1 N–H and O–H groups in total. The lowest BCUT2D eigenvalue weighted by molar-refractivity contribution is -0.114. The smallest absolute Gasteiger partial charge is 0.230 e. The van der Waals surface area contributed by atoms with Crippen LogP contribution in [0.15, 0.2) is 12.3 Å². The van der Waals surface area contributed by atoms with E-state index in [4.69, 9.17) is 4.74 Å². The van der Waals surface area contributed by atoms with E-state index in [1.165, 1.54) is 23.8 Å². The second-order valence-electron chi connectivity index (χ2n) is 9.27. The molecule has 0 bridgehead atoms. The Morgan fingerprint density at radius 3 is 2.91 bits per heavy atom. The van der Waals surface area contributed by atoms with Crippen molar-refractivity contribution in [3.05, 3.63) is 28.7 Å². The van der Waals surface area contributed by atoms with Crippen molar-refractivity contribution < 1.29 is 13.9 Å². The maximum absolute atomic E-state index is 14.3. The highest BCUT2D eigenvalue weighted by Crippen LogP contribution is 2.43. The Bertz CT molecular complexity index is 1020. The van der Waals surface area contributed by atoms with Crippen molar-refractivity contribution in [1.82, 2.24) is 19.8 Å². The highest BCUT2D eigenvalue weighted by atomic mass is 32.1. The maximum Gasteiger partial charge on any atom is 0.230 e. The van der Waals surface area contributed by atoms with Crippen LogP contribution in [0.3, 0.4) is 0 Å². The van der Waals surface area contributed by atoms with Gasteiger partial charge in [0.15, 0.2) is 5.13 Å². The molecule has 5 rings (SSSR count). The van der Waals surface area contributed by atoms with E-state index in [-0.39, 0.29) is 17.6 Å². The molecule has 1 spiro atoms. The molecule has 2 aromatic heterocycles. The number of rotatable bonds is 4. The Hall–Kier alpha value is -2.30. The monoisotopic (exact) mass is 460 g/mol. The second kappa shape index (κ2) is 8.24. The Morgan fingerprint density at radius 1 is 1.38 bits per heavy atom. The van der Waals surface area contributed by atoms with Crippen LogP contribution in [0, 0.1) is 5.95 Å². The molecule has 2 atom stereocenters. The van der Waals surface area contributed by atoms with Crippen molar-refractivity contribution in [2.24, 2.45) is 0 Å². The number of pyridine rings is 1. The van der Waals surface area contributed by atoms with Crippen molar-refractivity contribution in [3.63, 3.8) is 0 Å². The van der Waals surface area contributed by atoms with Crippen LogP contribution in [0.2, 0.25) is 0 Å². The summed E-state index contributed by atoms with van der Waals surface area (Å²) in [4.78, 5) is 27.2. The first-order valence-electron chi connectivity index (χ1n) is 11.1. The van der Waals surface area contributed by atoms with Gasteiger partial charge in [-0.15, -0.1) is 0 Å². The Kier molecular flexibility index (Phi) is 5.55. The van der Waals surface area contributed by atoms with Crippen LogP contribution >= 0.6 is 11.3 Å². The van der Waals surface area contributed by atoms with Crippen LogP contribution in [0.5, 0.6) is 5.75 Å². The fraction of sp³-hybridized carbons (Fsp3) is 0.591. The van der Waals surface area contributed by atoms with Crippen LogP contribution in [0.25, 0.3) is 0 Å². The van der Waals surface area contributed by atoms with Crippen molar-refractivity contribution >= 4 is 28.2 Å². The van der Waals surface area contributed by atoms with Crippen molar-refractivity contribution in [2.75, 3.05) is 50.0 Å². The predicted octanol–water partition coefficient (Wildman–Crippen LogP) is 2.36. The van der Waals surface area contributed by atoms with Gasteiger partial charge < -0.3 is 19.9 Å². The number of aromatic nitrogens is 2. The number of carbonyl (C=O) groups excluding carboxylic acids is 1. The van der Waals surface area contributed by atoms with Crippen LogP contribution < -0.4 is 15.0 Å². The largest absolute Gasteiger partial charge is 0.484 e. The third kappa shape index (κ3) is 4.18. The average molecular weight is 461 g/mol. The second-order valence-corrected chi connectivity index (χ2v) is 10.4. The number of nitrogens with zero attached hydrogens (tertiary/aromatic N) is 5.